The molecule has 0 saturated heterocycles. The van der Waals surface area contributed by atoms with Crippen molar-refractivity contribution in [3.63, 3.8) is 0 Å². The van der Waals surface area contributed by atoms with Gasteiger partial charge in [0.2, 0.25) is 11.8 Å². The molecule has 5 nitrogen and oxygen atoms in total. The monoisotopic (exact) mass is 241 g/mol. The molecule has 1 saturated carbocycles. The number of carbonyl (C=O) groups is 2. The summed E-state index contributed by atoms with van der Waals surface area (Å²) in [6.07, 6.45) is 5.86. The van der Waals surface area contributed by atoms with Crippen LogP contribution in [0.3, 0.4) is 0 Å². The Hall–Kier alpha value is -1.10. The maximum absolute atomic E-state index is 11.5. The maximum atomic E-state index is 11.5. The normalized spacial score (nSPS) is 16.5. The van der Waals surface area contributed by atoms with Gasteiger partial charge in [-0.15, -0.1) is 0 Å². The molecule has 1 fully saturated rings. The zero-order chi connectivity index (χ0) is 12.5. The Morgan fingerprint density at radius 2 is 1.71 bits per heavy atom. The first-order valence-electron chi connectivity index (χ1n) is 6.49. The Labute approximate surface area is 103 Å². The number of hydrogen-bond acceptors (Lipinski definition) is 3. The largest absolute Gasteiger partial charge is 0.355 e. The van der Waals surface area contributed by atoms with Gasteiger partial charge in [0.1, 0.15) is 0 Å². The second-order valence-corrected chi connectivity index (χ2v) is 4.46. The molecule has 3 N–H and O–H groups in total. The molecule has 0 aromatic carbocycles. The SMILES string of the molecule is CCNC(=O)CNCC(=O)NC1CCCCC1. The molecule has 5 heteroatoms. The van der Waals surface area contributed by atoms with E-state index in [-0.39, 0.29) is 24.9 Å². The lowest BCUT2D eigenvalue weighted by molar-refractivity contribution is -0.121. The van der Waals surface area contributed by atoms with E-state index in [0.29, 0.717) is 12.6 Å². The van der Waals surface area contributed by atoms with Crippen molar-refractivity contribution in [3.8, 4) is 0 Å². The Morgan fingerprint density at radius 3 is 2.35 bits per heavy atom. The first-order chi connectivity index (χ1) is 8.22. The molecular weight excluding hydrogens is 218 g/mol. The third-order valence-electron chi connectivity index (χ3n) is 2.92. The second kappa shape index (κ2) is 8.06. The minimum atomic E-state index is -0.0713. The van der Waals surface area contributed by atoms with E-state index in [4.69, 9.17) is 0 Å². The van der Waals surface area contributed by atoms with Crippen molar-refractivity contribution in [1.82, 2.24) is 16.0 Å². The number of hydrogen-bond donors (Lipinski definition) is 3. The molecule has 0 aromatic heterocycles. The van der Waals surface area contributed by atoms with Crippen molar-refractivity contribution in [2.75, 3.05) is 19.6 Å². The van der Waals surface area contributed by atoms with Crippen LogP contribution in [0.2, 0.25) is 0 Å². The van der Waals surface area contributed by atoms with Crippen molar-refractivity contribution >= 4 is 11.8 Å². The molecule has 0 bridgehead atoms. The molecular formula is C12H23N3O2. The maximum Gasteiger partial charge on any atom is 0.234 e. The van der Waals surface area contributed by atoms with Crippen molar-refractivity contribution < 1.29 is 9.59 Å². The van der Waals surface area contributed by atoms with E-state index >= 15 is 0 Å². The van der Waals surface area contributed by atoms with Crippen LogP contribution >= 0.6 is 0 Å². The fourth-order valence-electron chi connectivity index (χ4n) is 2.07. The zero-order valence-electron chi connectivity index (χ0n) is 10.6. The lowest BCUT2D eigenvalue weighted by Crippen LogP contribution is -2.43. The van der Waals surface area contributed by atoms with E-state index in [1.165, 1.54) is 19.3 Å². The molecule has 17 heavy (non-hydrogen) atoms. The highest BCUT2D eigenvalue weighted by atomic mass is 16.2. The van der Waals surface area contributed by atoms with Gasteiger partial charge >= 0.3 is 0 Å². The van der Waals surface area contributed by atoms with Crippen molar-refractivity contribution in [2.45, 2.75) is 45.1 Å². The minimum absolute atomic E-state index is 0.0128. The highest BCUT2D eigenvalue weighted by Gasteiger charge is 2.15. The Kier molecular flexibility index (Phi) is 6.62. The first-order valence-corrected chi connectivity index (χ1v) is 6.49. The van der Waals surface area contributed by atoms with E-state index in [2.05, 4.69) is 16.0 Å². The van der Waals surface area contributed by atoms with E-state index in [0.717, 1.165) is 12.8 Å². The highest BCUT2D eigenvalue weighted by Crippen LogP contribution is 2.16. The summed E-state index contributed by atoms with van der Waals surface area (Å²) in [5.74, 6) is -0.0841. The average Bonchev–Trinajstić information content (AvgIpc) is 2.30. The molecule has 0 unspecified atom stereocenters. The van der Waals surface area contributed by atoms with Crippen molar-refractivity contribution in [2.24, 2.45) is 0 Å². The molecule has 0 aliphatic heterocycles. The summed E-state index contributed by atoms with van der Waals surface area (Å²) < 4.78 is 0. The van der Waals surface area contributed by atoms with Gasteiger partial charge in [-0.2, -0.15) is 0 Å². The van der Waals surface area contributed by atoms with Crippen LogP contribution in [0.15, 0.2) is 0 Å². The number of carbonyl (C=O) groups excluding carboxylic acids is 2. The smallest absolute Gasteiger partial charge is 0.234 e. The number of likely N-dealkylation sites (N-methyl/N-ethyl adjacent to an activating group) is 1. The quantitative estimate of drug-likeness (QED) is 0.620. The predicted octanol–water partition coefficient (Wildman–Crippen LogP) is 0.161. The van der Waals surface area contributed by atoms with Crippen molar-refractivity contribution in [3.05, 3.63) is 0 Å². The van der Waals surface area contributed by atoms with Gasteiger partial charge in [0.25, 0.3) is 0 Å². The van der Waals surface area contributed by atoms with E-state index < -0.39 is 0 Å². The van der Waals surface area contributed by atoms with Gasteiger partial charge in [-0.05, 0) is 19.8 Å². The summed E-state index contributed by atoms with van der Waals surface area (Å²) in [5, 5.41) is 8.49. The predicted molar refractivity (Wildman–Crippen MR) is 66.6 cm³/mol. The van der Waals surface area contributed by atoms with Gasteiger partial charge in [-0.3, -0.25) is 14.9 Å². The minimum Gasteiger partial charge on any atom is -0.355 e. The molecule has 1 rings (SSSR count). The van der Waals surface area contributed by atoms with Gasteiger partial charge in [0.15, 0.2) is 0 Å². The van der Waals surface area contributed by atoms with E-state index in [1.807, 2.05) is 6.92 Å². The molecule has 0 atom stereocenters. The van der Waals surface area contributed by atoms with Gasteiger partial charge in [0.05, 0.1) is 13.1 Å². The fourth-order valence-corrected chi connectivity index (χ4v) is 2.07. The summed E-state index contributed by atoms with van der Waals surface area (Å²) in [6.45, 7) is 2.90. The van der Waals surface area contributed by atoms with Crippen LogP contribution in [-0.2, 0) is 9.59 Å². The summed E-state index contributed by atoms with van der Waals surface area (Å²) in [7, 11) is 0. The first kappa shape index (κ1) is 14.0. The van der Waals surface area contributed by atoms with E-state index in [1.54, 1.807) is 0 Å². The number of rotatable bonds is 6. The molecule has 0 spiro atoms. The van der Waals surface area contributed by atoms with Crippen molar-refractivity contribution in [1.29, 1.82) is 0 Å². The van der Waals surface area contributed by atoms with Crippen LogP contribution in [0.1, 0.15) is 39.0 Å². The van der Waals surface area contributed by atoms with Crippen LogP contribution in [0.4, 0.5) is 0 Å². The van der Waals surface area contributed by atoms with Crippen LogP contribution in [0, 0.1) is 0 Å². The Morgan fingerprint density at radius 1 is 1.06 bits per heavy atom. The average molecular weight is 241 g/mol. The summed E-state index contributed by atoms with van der Waals surface area (Å²) >= 11 is 0. The van der Waals surface area contributed by atoms with E-state index in [9.17, 15) is 9.59 Å². The van der Waals surface area contributed by atoms with Gasteiger partial charge in [-0.25, -0.2) is 0 Å². The standard InChI is InChI=1S/C12H23N3O2/c1-2-14-11(16)8-13-9-12(17)15-10-6-4-3-5-7-10/h10,13H,2-9H2,1H3,(H,14,16)(H,15,17). The molecule has 1 aliphatic rings. The lowest BCUT2D eigenvalue weighted by atomic mass is 9.95. The third kappa shape index (κ3) is 6.26. The molecule has 98 valence electrons. The van der Waals surface area contributed by atoms with Crippen LogP contribution in [0.25, 0.3) is 0 Å². The van der Waals surface area contributed by atoms with Crippen LogP contribution in [-0.4, -0.2) is 37.5 Å². The van der Waals surface area contributed by atoms with Gasteiger partial charge < -0.3 is 10.6 Å². The lowest BCUT2D eigenvalue weighted by Gasteiger charge is -2.22. The second-order valence-electron chi connectivity index (χ2n) is 4.46. The molecule has 1 aliphatic carbocycles. The Balaban J connectivity index is 2.06. The third-order valence-corrected chi connectivity index (χ3v) is 2.92. The Bertz CT molecular complexity index is 250. The molecule has 0 radical (unpaired) electrons. The molecule has 0 heterocycles. The molecule has 2 amide bonds. The van der Waals surface area contributed by atoms with Gasteiger partial charge in [-0.1, -0.05) is 19.3 Å². The highest BCUT2D eigenvalue weighted by molar-refractivity contribution is 5.81. The fraction of sp³-hybridized carbons (Fsp3) is 0.833. The number of nitrogens with one attached hydrogen (secondary N) is 3. The summed E-state index contributed by atoms with van der Waals surface area (Å²) in [5.41, 5.74) is 0. The summed E-state index contributed by atoms with van der Waals surface area (Å²) in [4.78, 5) is 22.7. The summed E-state index contributed by atoms with van der Waals surface area (Å²) in [6, 6.07) is 0.336. The molecule has 0 aromatic rings. The zero-order valence-corrected chi connectivity index (χ0v) is 10.6. The topological polar surface area (TPSA) is 70.2 Å². The van der Waals surface area contributed by atoms with Crippen LogP contribution < -0.4 is 16.0 Å². The van der Waals surface area contributed by atoms with Crippen LogP contribution in [0.5, 0.6) is 0 Å². The van der Waals surface area contributed by atoms with Gasteiger partial charge in [0, 0.05) is 12.6 Å². The number of amides is 2.